The summed E-state index contributed by atoms with van der Waals surface area (Å²) in [5.41, 5.74) is 1.36. The van der Waals surface area contributed by atoms with E-state index in [4.69, 9.17) is 4.74 Å². The monoisotopic (exact) mass is 455 g/mol. The fourth-order valence-corrected chi connectivity index (χ4v) is 3.51. The Hall–Kier alpha value is -3.59. The fourth-order valence-electron chi connectivity index (χ4n) is 3.51. The molecule has 0 aliphatic carbocycles. The van der Waals surface area contributed by atoms with Crippen molar-refractivity contribution in [1.82, 2.24) is 15.5 Å². The second-order valence-corrected chi connectivity index (χ2v) is 7.77. The van der Waals surface area contributed by atoms with Gasteiger partial charge in [0.2, 0.25) is 0 Å². The predicted octanol–water partition coefficient (Wildman–Crippen LogP) is 1.70. The summed E-state index contributed by atoms with van der Waals surface area (Å²) in [4.78, 5) is 38.2. The van der Waals surface area contributed by atoms with Crippen LogP contribution in [0.4, 0.5) is 4.79 Å². The molecule has 176 valence electrons. The molecule has 2 aromatic rings. The van der Waals surface area contributed by atoms with E-state index in [1.54, 1.807) is 29.2 Å². The molecule has 9 nitrogen and oxygen atoms in total. The van der Waals surface area contributed by atoms with Crippen molar-refractivity contribution in [3.8, 4) is 5.75 Å². The van der Waals surface area contributed by atoms with Gasteiger partial charge in [-0.3, -0.25) is 4.79 Å². The minimum Gasteiger partial charge on any atom is -0.482 e. The van der Waals surface area contributed by atoms with Gasteiger partial charge in [-0.1, -0.05) is 30.3 Å². The number of hydrogen-bond donors (Lipinski definition) is 3. The number of rotatable bonds is 7. The first-order valence-corrected chi connectivity index (χ1v) is 10.8. The fraction of sp³-hybridized carbons (Fsp3) is 0.375. The molecule has 33 heavy (non-hydrogen) atoms. The van der Waals surface area contributed by atoms with Crippen LogP contribution in [0.2, 0.25) is 0 Å². The maximum atomic E-state index is 12.7. The Morgan fingerprint density at radius 2 is 1.82 bits per heavy atom. The van der Waals surface area contributed by atoms with Crippen molar-refractivity contribution in [3.63, 3.8) is 0 Å². The molecule has 2 unspecified atom stereocenters. The number of nitrogens with zero attached hydrogens (tertiary/aromatic N) is 1. The highest BCUT2D eigenvalue weighted by atomic mass is 16.6. The summed E-state index contributed by atoms with van der Waals surface area (Å²) in [5.74, 6) is -0.450. The first-order valence-electron chi connectivity index (χ1n) is 10.8. The lowest BCUT2D eigenvalue weighted by molar-refractivity contribution is -0.142. The lowest BCUT2D eigenvalue weighted by Gasteiger charge is -2.27. The Morgan fingerprint density at radius 3 is 2.52 bits per heavy atom. The van der Waals surface area contributed by atoms with E-state index in [1.807, 2.05) is 30.3 Å². The number of methoxy groups -OCH3 is 1. The van der Waals surface area contributed by atoms with Crippen LogP contribution in [0, 0.1) is 0 Å². The zero-order chi connectivity index (χ0) is 23.6. The smallest absolute Gasteiger partial charge is 0.343 e. The summed E-state index contributed by atoms with van der Waals surface area (Å²) in [6.45, 7) is 0.878. The quantitative estimate of drug-likeness (QED) is 0.547. The summed E-state index contributed by atoms with van der Waals surface area (Å²) in [6.07, 6.45) is 0.357. The molecular formula is C24H29N3O6. The number of aliphatic hydroxyl groups is 1. The Bertz CT molecular complexity index is 935. The van der Waals surface area contributed by atoms with Gasteiger partial charge in [-0.05, 0) is 42.7 Å². The number of nitrogens with one attached hydrogen (secondary N) is 2. The van der Waals surface area contributed by atoms with Crippen molar-refractivity contribution < 1.29 is 29.0 Å². The molecule has 3 amide bonds. The largest absolute Gasteiger partial charge is 0.482 e. The molecule has 1 heterocycles. The number of carbonyl (C=O) groups is 3. The Kier molecular flexibility index (Phi) is 8.65. The molecule has 2 atom stereocenters. The molecule has 0 radical (unpaired) electrons. The van der Waals surface area contributed by atoms with Gasteiger partial charge in [0, 0.05) is 25.2 Å². The number of esters is 1. The first-order chi connectivity index (χ1) is 16.0. The van der Waals surface area contributed by atoms with Crippen LogP contribution in [0.3, 0.4) is 0 Å². The van der Waals surface area contributed by atoms with Gasteiger partial charge in [0.05, 0.1) is 19.3 Å². The van der Waals surface area contributed by atoms with Crippen molar-refractivity contribution in [2.45, 2.75) is 31.5 Å². The SMILES string of the molecule is COC(=O)COc1ccc(C(=O)NC2CN(C(=O)NCc3ccccc3)CCCC2O)cc1. The van der Waals surface area contributed by atoms with E-state index in [9.17, 15) is 19.5 Å². The number of ether oxygens (including phenoxy) is 2. The zero-order valence-corrected chi connectivity index (χ0v) is 18.5. The van der Waals surface area contributed by atoms with Crippen molar-refractivity contribution in [2.75, 3.05) is 26.8 Å². The molecule has 0 spiro atoms. The minimum atomic E-state index is -0.761. The van der Waals surface area contributed by atoms with Crippen molar-refractivity contribution in [3.05, 3.63) is 65.7 Å². The summed E-state index contributed by atoms with van der Waals surface area (Å²) < 4.78 is 9.79. The highest BCUT2D eigenvalue weighted by Crippen LogP contribution is 2.15. The van der Waals surface area contributed by atoms with Gasteiger partial charge < -0.3 is 30.1 Å². The van der Waals surface area contributed by atoms with Gasteiger partial charge in [-0.15, -0.1) is 0 Å². The third-order valence-electron chi connectivity index (χ3n) is 5.40. The third kappa shape index (κ3) is 7.21. The van der Waals surface area contributed by atoms with Gasteiger partial charge in [0.15, 0.2) is 6.61 Å². The number of urea groups is 1. The topological polar surface area (TPSA) is 117 Å². The van der Waals surface area contributed by atoms with Crippen LogP contribution in [-0.4, -0.2) is 66.9 Å². The Balaban J connectivity index is 1.56. The molecule has 0 saturated carbocycles. The van der Waals surface area contributed by atoms with E-state index in [0.29, 0.717) is 37.2 Å². The van der Waals surface area contributed by atoms with Gasteiger partial charge in [0.1, 0.15) is 5.75 Å². The Labute approximate surface area is 192 Å². The lowest BCUT2D eigenvalue weighted by Crippen LogP contribution is -2.51. The number of aliphatic hydroxyl groups excluding tert-OH is 1. The molecule has 9 heteroatoms. The minimum absolute atomic E-state index is 0.202. The van der Waals surface area contributed by atoms with Gasteiger partial charge in [-0.25, -0.2) is 9.59 Å². The summed E-state index contributed by atoms with van der Waals surface area (Å²) >= 11 is 0. The molecule has 1 saturated heterocycles. The standard InChI is InChI=1S/C24H29N3O6/c1-32-22(29)16-33-19-11-9-18(10-12-19)23(30)26-20-15-27(13-5-8-21(20)28)24(31)25-14-17-6-3-2-4-7-17/h2-4,6-7,9-12,20-21,28H,5,8,13-16H2,1H3,(H,25,31)(H,26,30). The first kappa shape index (κ1) is 24.1. The van der Waals surface area contributed by atoms with Crippen molar-refractivity contribution in [2.24, 2.45) is 0 Å². The average molecular weight is 456 g/mol. The average Bonchev–Trinajstić information content (AvgIpc) is 3.03. The zero-order valence-electron chi connectivity index (χ0n) is 18.5. The van der Waals surface area contributed by atoms with E-state index in [0.717, 1.165) is 5.56 Å². The lowest BCUT2D eigenvalue weighted by atomic mass is 10.1. The van der Waals surface area contributed by atoms with E-state index >= 15 is 0 Å². The molecule has 1 fully saturated rings. The molecule has 1 aliphatic rings. The summed E-state index contributed by atoms with van der Waals surface area (Å²) in [5, 5.41) is 16.2. The second kappa shape index (κ2) is 11.9. The van der Waals surface area contributed by atoms with Gasteiger partial charge in [0.25, 0.3) is 5.91 Å². The molecule has 0 aromatic heterocycles. The summed E-state index contributed by atoms with van der Waals surface area (Å²) in [6, 6.07) is 15.0. The van der Waals surface area contributed by atoms with E-state index < -0.39 is 18.1 Å². The van der Waals surface area contributed by atoms with Crippen LogP contribution in [0.1, 0.15) is 28.8 Å². The van der Waals surface area contributed by atoms with E-state index in [1.165, 1.54) is 7.11 Å². The normalized spacial score (nSPS) is 18.1. The molecule has 3 rings (SSSR count). The van der Waals surface area contributed by atoms with E-state index in [2.05, 4.69) is 15.4 Å². The third-order valence-corrected chi connectivity index (χ3v) is 5.40. The van der Waals surface area contributed by atoms with Crippen LogP contribution >= 0.6 is 0 Å². The van der Waals surface area contributed by atoms with Crippen LogP contribution in [-0.2, 0) is 16.1 Å². The molecule has 0 bridgehead atoms. The van der Waals surface area contributed by atoms with E-state index in [-0.39, 0.29) is 25.1 Å². The molecule has 1 aliphatic heterocycles. The van der Waals surface area contributed by atoms with Gasteiger partial charge in [-0.2, -0.15) is 0 Å². The number of likely N-dealkylation sites (tertiary alicyclic amines) is 1. The van der Waals surface area contributed by atoms with Crippen LogP contribution in [0.15, 0.2) is 54.6 Å². The highest BCUT2D eigenvalue weighted by molar-refractivity contribution is 5.94. The molecular weight excluding hydrogens is 426 g/mol. The maximum Gasteiger partial charge on any atom is 0.343 e. The Morgan fingerprint density at radius 1 is 1.09 bits per heavy atom. The number of benzene rings is 2. The number of carbonyl (C=O) groups excluding carboxylic acids is 3. The van der Waals surface area contributed by atoms with Gasteiger partial charge >= 0.3 is 12.0 Å². The summed E-state index contributed by atoms with van der Waals surface area (Å²) in [7, 11) is 1.27. The second-order valence-electron chi connectivity index (χ2n) is 7.77. The maximum absolute atomic E-state index is 12.7. The molecule has 2 aromatic carbocycles. The highest BCUT2D eigenvalue weighted by Gasteiger charge is 2.29. The predicted molar refractivity (Wildman–Crippen MR) is 121 cm³/mol. The molecule has 3 N–H and O–H groups in total. The van der Waals surface area contributed by atoms with Crippen LogP contribution in [0.5, 0.6) is 5.75 Å². The number of hydrogen-bond acceptors (Lipinski definition) is 6. The van der Waals surface area contributed by atoms with Crippen molar-refractivity contribution >= 4 is 17.9 Å². The van der Waals surface area contributed by atoms with Crippen LogP contribution < -0.4 is 15.4 Å². The van der Waals surface area contributed by atoms with Crippen molar-refractivity contribution in [1.29, 1.82) is 0 Å². The number of amides is 3. The van der Waals surface area contributed by atoms with Crippen LogP contribution in [0.25, 0.3) is 0 Å².